The van der Waals surface area contributed by atoms with Crippen LogP contribution < -0.4 is 0 Å². The molecule has 27 heavy (non-hydrogen) atoms. The van der Waals surface area contributed by atoms with Crippen molar-refractivity contribution in [3.63, 3.8) is 0 Å². The van der Waals surface area contributed by atoms with E-state index in [1.165, 1.54) is 5.56 Å². The van der Waals surface area contributed by atoms with E-state index in [0.29, 0.717) is 12.5 Å². The van der Waals surface area contributed by atoms with Gasteiger partial charge in [-0.2, -0.15) is 0 Å². The van der Waals surface area contributed by atoms with Crippen LogP contribution in [0.25, 0.3) is 0 Å². The lowest BCUT2D eigenvalue weighted by Gasteiger charge is -2.33. The van der Waals surface area contributed by atoms with Crippen LogP contribution in [0.1, 0.15) is 48.3 Å². The predicted molar refractivity (Wildman–Crippen MR) is 106 cm³/mol. The Morgan fingerprint density at radius 1 is 1.33 bits per heavy atom. The monoisotopic (exact) mass is 384 g/mol. The van der Waals surface area contributed by atoms with Crippen molar-refractivity contribution >= 4 is 17.5 Å². The molecule has 4 rings (SSSR count). The van der Waals surface area contributed by atoms with Gasteiger partial charge < -0.3 is 4.90 Å². The first kappa shape index (κ1) is 18.4. The second kappa shape index (κ2) is 7.95. The molecule has 1 saturated heterocycles. The van der Waals surface area contributed by atoms with E-state index in [9.17, 15) is 4.79 Å². The van der Waals surface area contributed by atoms with Crippen LogP contribution >= 0.6 is 11.6 Å². The Hall–Kier alpha value is -1.98. The number of carbonyl (C=O) groups is 1. The van der Waals surface area contributed by atoms with E-state index >= 15 is 0 Å². The van der Waals surface area contributed by atoms with E-state index in [4.69, 9.17) is 16.6 Å². The van der Waals surface area contributed by atoms with Crippen molar-refractivity contribution in [2.75, 3.05) is 19.6 Å². The number of amides is 1. The number of piperidine rings is 1. The number of rotatable bonds is 3. The molecule has 0 aliphatic carbocycles. The highest BCUT2D eigenvalue weighted by molar-refractivity contribution is 6.30. The van der Waals surface area contributed by atoms with E-state index in [2.05, 4.69) is 16.0 Å². The third-order valence-corrected chi connectivity index (χ3v) is 5.80. The number of hydrogen-bond acceptors (Lipinski definition) is 4. The molecule has 1 aromatic carbocycles. The maximum absolute atomic E-state index is 11.6. The molecule has 0 radical (unpaired) electrons. The molecule has 0 saturated carbocycles. The summed E-state index contributed by atoms with van der Waals surface area (Å²) >= 11 is 6.12. The molecule has 1 amide bonds. The van der Waals surface area contributed by atoms with Gasteiger partial charge in [0.2, 0.25) is 5.91 Å². The summed E-state index contributed by atoms with van der Waals surface area (Å²) in [5.41, 5.74) is 3.45. The molecule has 5 nitrogen and oxygen atoms in total. The molecule has 0 N–H and O–H groups in total. The van der Waals surface area contributed by atoms with Crippen LogP contribution in [0.2, 0.25) is 5.02 Å². The molecule has 2 aromatic rings. The average Bonchev–Trinajstić information content (AvgIpc) is 2.67. The summed E-state index contributed by atoms with van der Waals surface area (Å²) in [4.78, 5) is 25.5. The fraction of sp³-hybridized carbons (Fsp3) is 0.476. The quantitative estimate of drug-likeness (QED) is 0.813. The Kier molecular flexibility index (Phi) is 5.41. The summed E-state index contributed by atoms with van der Waals surface area (Å²) in [6, 6.07) is 8.10. The zero-order valence-electron chi connectivity index (χ0n) is 15.7. The first-order chi connectivity index (χ1) is 13.1. The fourth-order valence-corrected chi connectivity index (χ4v) is 4.31. The summed E-state index contributed by atoms with van der Waals surface area (Å²) in [5.74, 6) is 1.45. The van der Waals surface area contributed by atoms with Crippen molar-refractivity contribution in [1.29, 1.82) is 0 Å². The summed E-state index contributed by atoms with van der Waals surface area (Å²) in [6.45, 7) is 6.00. The lowest BCUT2D eigenvalue weighted by molar-refractivity contribution is -0.129. The summed E-state index contributed by atoms with van der Waals surface area (Å²) in [5, 5.41) is 0.790. The lowest BCUT2D eigenvalue weighted by atomic mass is 9.96. The van der Waals surface area contributed by atoms with E-state index < -0.39 is 0 Å². The zero-order chi connectivity index (χ0) is 18.8. The molecule has 0 unspecified atom stereocenters. The molecule has 2 aliphatic heterocycles. The van der Waals surface area contributed by atoms with Crippen molar-refractivity contribution in [1.82, 2.24) is 19.8 Å². The highest BCUT2D eigenvalue weighted by Gasteiger charge is 2.26. The minimum absolute atomic E-state index is 0.119. The Labute approximate surface area is 165 Å². The molecule has 1 atom stereocenters. The number of hydrogen-bond donors (Lipinski definition) is 0. The van der Waals surface area contributed by atoms with Gasteiger partial charge in [0.05, 0.1) is 5.69 Å². The summed E-state index contributed by atoms with van der Waals surface area (Å²) in [7, 11) is 0. The molecular formula is C21H25ClN4O. The van der Waals surface area contributed by atoms with Crippen LogP contribution in [-0.2, 0) is 24.3 Å². The normalized spacial score (nSPS) is 20.4. The van der Waals surface area contributed by atoms with Gasteiger partial charge in [-0.3, -0.25) is 9.69 Å². The number of likely N-dealkylation sites (tertiary alicyclic amines) is 1. The number of carbonyl (C=O) groups excluding carboxylic acids is 1. The fourth-order valence-electron chi connectivity index (χ4n) is 4.10. The van der Waals surface area contributed by atoms with Crippen molar-refractivity contribution in [2.45, 2.75) is 45.2 Å². The van der Waals surface area contributed by atoms with Crippen LogP contribution in [0.4, 0.5) is 0 Å². The van der Waals surface area contributed by atoms with Gasteiger partial charge in [0.15, 0.2) is 0 Å². The standard InChI is InChI=1S/C21H25ClN4O/c1-15(27)26-9-7-20-18(14-26)11-23-21(24-20)17-5-3-8-25(13-17)12-16-4-2-6-19(22)10-16/h2,4,6,10-11,17H,3,5,7-9,12-14H2,1H3/t17-/m1/s1. The van der Waals surface area contributed by atoms with E-state index in [0.717, 1.165) is 67.5 Å². The van der Waals surface area contributed by atoms with Gasteiger partial charge in [0.1, 0.15) is 5.82 Å². The molecule has 1 aromatic heterocycles. The van der Waals surface area contributed by atoms with Gasteiger partial charge in [-0.25, -0.2) is 9.97 Å². The number of aromatic nitrogens is 2. The maximum Gasteiger partial charge on any atom is 0.219 e. The Balaban J connectivity index is 1.45. The lowest BCUT2D eigenvalue weighted by Crippen LogP contribution is -2.36. The first-order valence-corrected chi connectivity index (χ1v) is 10.0. The van der Waals surface area contributed by atoms with Gasteiger partial charge in [0, 0.05) is 62.2 Å². The average molecular weight is 385 g/mol. The Morgan fingerprint density at radius 2 is 2.22 bits per heavy atom. The second-order valence-corrected chi connectivity index (χ2v) is 8.03. The van der Waals surface area contributed by atoms with Crippen LogP contribution in [0.3, 0.4) is 0 Å². The third kappa shape index (κ3) is 4.30. The van der Waals surface area contributed by atoms with Gasteiger partial charge in [-0.05, 0) is 37.1 Å². The second-order valence-electron chi connectivity index (χ2n) is 7.59. The maximum atomic E-state index is 11.6. The number of nitrogens with zero attached hydrogens (tertiary/aromatic N) is 4. The smallest absolute Gasteiger partial charge is 0.219 e. The molecule has 0 bridgehead atoms. The van der Waals surface area contributed by atoms with Gasteiger partial charge in [0.25, 0.3) is 0 Å². The number of benzene rings is 1. The zero-order valence-corrected chi connectivity index (χ0v) is 16.5. The van der Waals surface area contributed by atoms with Crippen molar-refractivity contribution in [2.24, 2.45) is 0 Å². The minimum Gasteiger partial charge on any atom is -0.338 e. The molecular weight excluding hydrogens is 360 g/mol. The number of fused-ring (bicyclic) bond motifs is 1. The minimum atomic E-state index is 0.119. The van der Waals surface area contributed by atoms with Crippen LogP contribution in [-0.4, -0.2) is 45.3 Å². The highest BCUT2D eigenvalue weighted by Crippen LogP contribution is 2.27. The van der Waals surface area contributed by atoms with Gasteiger partial charge in [-0.1, -0.05) is 23.7 Å². The molecule has 1 fully saturated rings. The SMILES string of the molecule is CC(=O)N1CCc2nc([C@@H]3CCCN(Cc4cccc(Cl)c4)C3)ncc2C1. The Bertz CT molecular complexity index is 841. The first-order valence-electron chi connectivity index (χ1n) is 9.65. The summed E-state index contributed by atoms with van der Waals surface area (Å²) in [6.07, 6.45) is 5.04. The topological polar surface area (TPSA) is 49.3 Å². The molecule has 3 heterocycles. The van der Waals surface area contributed by atoms with E-state index in [-0.39, 0.29) is 5.91 Å². The van der Waals surface area contributed by atoms with Crippen LogP contribution in [0.5, 0.6) is 0 Å². The third-order valence-electron chi connectivity index (χ3n) is 5.56. The summed E-state index contributed by atoms with van der Waals surface area (Å²) < 4.78 is 0. The van der Waals surface area contributed by atoms with E-state index in [1.54, 1.807) is 6.92 Å². The molecule has 6 heteroatoms. The van der Waals surface area contributed by atoms with Crippen molar-refractivity contribution in [3.8, 4) is 0 Å². The Morgan fingerprint density at radius 3 is 3.04 bits per heavy atom. The van der Waals surface area contributed by atoms with Gasteiger partial charge >= 0.3 is 0 Å². The van der Waals surface area contributed by atoms with Crippen molar-refractivity contribution < 1.29 is 4.79 Å². The predicted octanol–water partition coefficient (Wildman–Crippen LogP) is 3.41. The highest BCUT2D eigenvalue weighted by atomic mass is 35.5. The van der Waals surface area contributed by atoms with Gasteiger partial charge in [-0.15, -0.1) is 0 Å². The van der Waals surface area contributed by atoms with Crippen molar-refractivity contribution in [3.05, 3.63) is 58.1 Å². The number of halogens is 1. The molecule has 142 valence electrons. The van der Waals surface area contributed by atoms with E-state index in [1.807, 2.05) is 29.3 Å². The van der Waals surface area contributed by atoms with Crippen LogP contribution in [0.15, 0.2) is 30.5 Å². The largest absolute Gasteiger partial charge is 0.338 e. The van der Waals surface area contributed by atoms with Crippen LogP contribution in [0, 0.1) is 0 Å². The molecule has 0 spiro atoms. The molecule has 2 aliphatic rings.